The van der Waals surface area contributed by atoms with E-state index in [1.165, 1.54) is 0 Å². The summed E-state index contributed by atoms with van der Waals surface area (Å²) in [5.41, 5.74) is 0. The topological polar surface area (TPSA) is 66.4 Å². The number of carboxylic acids is 1. The van der Waals surface area contributed by atoms with Crippen LogP contribution >= 0.6 is 0 Å². The summed E-state index contributed by atoms with van der Waals surface area (Å²) < 4.78 is 0. The molecule has 0 saturated heterocycles. The molecule has 5 heteroatoms. The Hall–Kier alpha value is -0.835. The van der Waals surface area contributed by atoms with Crippen molar-refractivity contribution in [2.75, 3.05) is 0 Å². The van der Waals surface area contributed by atoms with Gasteiger partial charge in [0.15, 0.2) is 7.98 Å². The number of carbonyl (C=O) groups excluding carboxylic acids is 1. The van der Waals surface area contributed by atoms with Gasteiger partial charge in [0.05, 0.1) is 6.04 Å². The Kier molecular flexibility index (Phi) is 5.37. The van der Waals surface area contributed by atoms with Gasteiger partial charge in [-0.1, -0.05) is 6.92 Å². The maximum absolute atomic E-state index is 10.8. The van der Waals surface area contributed by atoms with Gasteiger partial charge >= 0.3 is 5.97 Å². The Bertz CT molecular complexity index is 172. The van der Waals surface area contributed by atoms with Gasteiger partial charge in [0.2, 0.25) is 0 Å². The lowest BCUT2D eigenvalue weighted by Gasteiger charge is -2.09. The number of carbonyl (C=O) groups is 2. The summed E-state index contributed by atoms with van der Waals surface area (Å²) in [5.74, 6) is -0.794. The normalized spacial score (nSPS) is 12.4. The Morgan fingerprint density at radius 1 is 1.58 bits per heavy atom. The molecule has 0 spiro atoms. The molecule has 0 bridgehead atoms. The predicted octanol–water partition coefficient (Wildman–Crippen LogP) is -0.663. The van der Waals surface area contributed by atoms with E-state index in [1.54, 1.807) is 14.9 Å². The molecule has 4 nitrogen and oxygen atoms in total. The second-order valence-electron chi connectivity index (χ2n) is 2.61. The van der Waals surface area contributed by atoms with Gasteiger partial charge in [0.1, 0.15) is 5.78 Å². The Labute approximate surface area is 72.8 Å². The highest BCUT2D eigenvalue weighted by atomic mass is 16.4. The highest BCUT2D eigenvalue weighted by Gasteiger charge is 2.14. The molecule has 0 heterocycles. The highest BCUT2D eigenvalue weighted by Crippen LogP contribution is 1.99. The number of hydrogen-bond donors (Lipinski definition) is 2. The van der Waals surface area contributed by atoms with Crippen LogP contribution in [0, 0.1) is 0 Å². The summed E-state index contributed by atoms with van der Waals surface area (Å²) in [7, 11) is 1.58. The quantitative estimate of drug-likeness (QED) is 0.520. The van der Waals surface area contributed by atoms with Crippen molar-refractivity contribution in [1.29, 1.82) is 0 Å². The summed E-state index contributed by atoms with van der Waals surface area (Å²) in [6.07, 6.45) is 1.20. The van der Waals surface area contributed by atoms with Crippen molar-refractivity contribution in [2.24, 2.45) is 0 Å². The number of nitrogens with one attached hydrogen (secondary N) is 1. The Morgan fingerprint density at radius 3 is 2.50 bits per heavy atom. The van der Waals surface area contributed by atoms with Gasteiger partial charge in [-0.25, -0.2) is 0 Å². The minimum Gasteiger partial charge on any atom is -0.480 e. The van der Waals surface area contributed by atoms with Crippen LogP contribution in [0.15, 0.2) is 0 Å². The second-order valence-corrected chi connectivity index (χ2v) is 2.61. The standard InChI is InChI=1S/C7H14BNO3/c1-2-5(10)3-4-6(9-8)7(11)12/h6,9H,2-4,8H2,1H3,(H,11,12). The van der Waals surface area contributed by atoms with Crippen LogP contribution in [0.1, 0.15) is 26.2 Å². The van der Waals surface area contributed by atoms with E-state index in [1.807, 2.05) is 0 Å². The zero-order valence-electron chi connectivity index (χ0n) is 7.46. The van der Waals surface area contributed by atoms with Crippen LogP contribution in [-0.2, 0) is 9.59 Å². The van der Waals surface area contributed by atoms with Crippen LogP contribution in [0.3, 0.4) is 0 Å². The van der Waals surface area contributed by atoms with E-state index in [0.29, 0.717) is 19.3 Å². The first-order chi connectivity index (χ1) is 5.61. The molecule has 0 aliphatic carbocycles. The van der Waals surface area contributed by atoms with E-state index >= 15 is 0 Å². The van der Waals surface area contributed by atoms with Gasteiger partial charge in [-0.3, -0.25) is 9.59 Å². The molecule has 0 aliphatic heterocycles. The predicted molar refractivity (Wildman–Crippen MR) is 47.6 cm³/mol. The molecule has 0 amide bonds. The molecule has 0 radical (unpaired) electrons. The van der Waals surface area contributed by atoms with Crippen molar-refractivity contribution in [2.45, 2.75) is 32.2 Å². The van der Waals surface area contributed by atoms with E-state index in [0.717, 1.165) is 0 Å². The van der Waals surface area contributed by atoms with Crippen LogP contribution in [-0.4, -0.2) is 30.9 Å². The number of rotatable bonds is 6. The molecule has 0 aromatic rings. The van der Waals surface area contributed by atoms with E-state index in [-0.39, 0.29) is 5.78 Å². The molecular formula is C7H14BNO3. The first-order valence-electron chi connectivity index (χ1n) is 4.03. The van der Waals surface area contributed by atoms with Gasteiger partial charge < -0.3 is 10.3 Å². The SMILES string of the molecule is BNC(CCC(=O)CC)C(=O)O. The molecular weight excluding hydrogens is 157 g/mol. The van der Waals surface area contributed by atoms with Gasteiger partial charge in [-0.2, -0.15) is 0 Å². The molecule has 2 N–H and O–H groups in total. The van der Waals surface area contributed by atoms with Crippen LogP contribution in [0.4, 0.5) is 0 Å². The van der Waals surface area contributed by atoms with E-state index in [2.05, 4.69) is 5.23 Å². The number of hydrogen-bond acceptors (Lipinski definition) is 3. The van der Waals surface area contributed by atoms with Crippen molar-refractivity contribution in [3.63, 3.8) is 0 Å². The van der Waals surface area contributed by atoms with Crippen molar-refractivity contribution < 1.29 is 14.7 Å². The second kappa shape index (κ2) is 5.77. The van der Waals surface area contributed by atoms with E-state index in [4.69, 9.17) is 5.11 Å². The number of Topliss-reactive ketones (excluding diaryl/α,β-unsaturated/α-hetero) is 1. The monoisotopic (exact) mass is 171 g/mol. The minimum atomic E-state index is -0.901. The third-order valence-corrected chi connectivity index (χ3v) is 1.75. The van der Waals surface area contributed by atoms with Gasteiger partial charge in [0.25, 0.3) is 0 Å². The fourth-order valence-electron chi connectivity index (χ4n) is 0.873. The van der Waals surface area contributed by atoms with Crippen molar-refractivity contribution in [3.05, 3.63) is 0 Å². The largest absolute Gasteiger partial charge is 0.480 e. The van der Waals surface area contributed by atoms with E-state index < -0.39 is 12.0 Å². The fourth-order valence-corrected chi connectivity index (χ4v) is 0.873. The fraction of sp³-hybridized carbons (Fsp3) is 0.714. The smallest absolute Gasteiger partial charge is 0.319 e. The summed E-state index contributed by atoms with van der Waals surface area (Å²) in [4.78, 5) is 21.3. The molecule has 0 rings (SSSR count). The van der Waals surface area contributed by atoms with Crippen molar-refractivity contribution in [1.82, 2.24) is 5.23 Å². The molecule has 0 aliphatic rings. The third-order valence-electron chi connectivity index (χ3n) is 1.75. The third kappa shape index (κ3) is 4.13. The Balaban J connectivity index is 3.73. The molecule has 0 saturated carbocycles. The lowest BCUT2D eigenvalue weighted by molar-refractivity contribution is -0.139. The number of aliphatic carboxylic acids is 1. The molecule has 68 valence electrons. The van der Waals surface area contributed by atoms with Crippen LogP contribution < -0.4 is 5.23 Å². The first-order valence-corrected chi connectivity index (χ1v) is 4.03. The average Bonchev–Trinajstić information content (AvgIpc) is 2.04. The van der Waals surface area contributed by atoms with Gasteiger partial charge in [-0.05, 0) is 6.42 Å². The maximum Gasteiger partial charge on any atom is 0.319 e. The first kappa shape index (κ1) is 11.2. The van der Waals surface area contributed by atoms with Gasteiger partial charge in [0, 0.05) is 12.8 Å². The number of ketones is 1. The van der Waals surface area contributed by atoms with Gasteiger partial charge in [-0.15, -0.1) is 0 Å². The van der Waals surface area contributed by atoms with E-state index in [9.17, 15) is 9.59 Å². The zero-order chi connectivity index (χ0) is 9.56. The number of carboxylic acid groups (broad SMARTS) is 1. The molecule has 0 fully saturated rings. The average molecular weight is 171 g/mol. The summed E-state index contributed by atoms with van der Waals surface area (Å²) in [6.45, 7) is 1.78. The van der Waals surface area contributed by atoms with Crippen molar-refractivity contribution >= 4 is 19.7 Å². The minimum absolute atomic E-state index is 0.108. The lowest BCUT2D eigenvalue weighted by Crippen LogP contribution is -2.35. The molecule has 1 unspecified atom stereocenters. The summed E-state index contributed by atoms with van der Waals surface area (Å²) in [5, 5.41) is 11.2. The molecule has 12 heavy (non-hydrogen) atoms. The Morgan fingerprint density at radius 2 is 2.17 bits per heavy atom. The highest BCUT2D eigenvalue weighted by molar-refractivity contribution is 6.06. The summed E-state index contributed by atoms with van der Waals surface area (Å²) in [6, 6.07) is -0.597. The molecule has 1 atom stereocenters. The van der Waals surface area contributed by atoms with Crippen molar-refractivity contribution in [3.8, 4) is 0 Å². The van der Waals surface area contributed by atoms with Crippen LogP contribution in [0.25, 0.3) is 0 Å². The molecule has 0 aromatic heterocycles. The zero-order valence-corrected chi connectivity index (χ0v) is 7.46. The van der Waals surface area contributed by atoms with Crippen LogP contribution in [0.2, 0.25) is 0 Å². The maximum atomic E-state index is 10.8. The summed E-state index contributed by atoms with van der Waals surface area (Å²) >= 11 is 0. The molecule has 0 aromatic carbocycles. The lowest BCUT2D eigenvalue weighted by atomic mass is 10.1. The van der Waals surface area contributed by atoms with Crippen LogP contribution in [0.5, 0.6) is 0 Å².